The second kappa shape index (κ2) is 8.00. The molecule has 0 fully saturated rings. The number of fused-ring (bicyclic) bond motifs is 1. The first-order chi connectivity index (χ1) is 14.0. The highest BCUT2D eigenvalue weighted by Crippen LogP contribution is 2.36. The van der Waals surface area contributed by atoms with Crippen LogP contribution in [0.5, 0.6) is 17.5 Å². The van der Waals surface area contributed by atoms with Gasteiger partial charge < -0.3 is 19.5 Å². The van der Waals surface area contributed by atoms with Crippen molar-refractivity contribution >= 4 is 23.2 Å². The van der Waals surface area contributed by atoms with Crippen LogP contribution in [0.15, 0.2) is 42.5 Å². The van der Waals surface area contributed by atoms with Crippen LogP contribution in [0.2, 0.25) is 0 Å². The van der Waals surface area contributed by atoms with Gasteiger partial charge in [-0.1, -0.05) is 0 Å². The van der Waals surface area contributed by atoms with E-state index in [0.717, 1.165) is 11.3 Å². The number of amides is 1. The lowest BCUT2D eigenvalue weighted by Gasteiger charge is -2.09. The largest absolute Gasteiger partial charge is 0.463 e. The number of nitrogens with zero attached hydrogens (tertiary/aromatic N) is 3. The Labute approximate surface area is 172 Å². The number of anilines is 1. The summed E-state index contributed by atoms with van der Waals surface area (Å²) < 4.78 is 18.0. The molecule has 1 aliphatic heterocycles. The van der Waals surface area contributed by atoms with Crippen molar-refractivity contribution in [3.8, 4) is 34.6 Å². The number of carbonyl (C=O) groups is 1. The fourth-order valence-corrected chi connectivity index (χ4v) is 2.87. The smallest absolute Gasteiger partial charge is 0.336 e. The number of nitrogens with one attached hydrogen (secondary N) is 1. The minimum atomic E-state index is -0.614. The molecule has 1 amide bonds. The van der Waals surface area contributed by atoms with Crippen LogP contribution in [-0.2, 0) is 4.79 Å². The molecule has 150 valence electrons. The maximum absolute atomic E-state index is 11.8. The molecule has 3 aromatic rings. The summed E-state index contributed by atoms with van der Waals surface area (Å²) in [5.41, 5.74) is 2.20. The number of alkyl halides is 1. The molecule has 4 rings (SSSR count). The van der Waals surface area contributed by atoms with Gasteiger partial charge in [0.05, 0.1) is 12.3 Å². The third kappa shape index (κ3) is 3.97. The third-order valence-corrected chi connectivity index (χ3v) is 4.43. The molecule has 1 N–H and O–H groups in total. The Morgan fingerprint density at radius 2 is 2.00 bits per heavy atom. The van der Waals surface area contributed by atoms with Crippen molar-refractivity contribution in [2.45, 2.75) is 19.2 Å². The number of benzene rings is 2. The SMILES string of the molecule is CCOc1nc(-c2ccc3c(c2)OCO3)n(-c2ccc(NC(=O)[C@H](C)Cl)cc2)n1. The van der Waals surface area contributed by atoms with E-state index in [0.29, 0.717) is 29.6 Å². The van der Waals surface area contributed by atoms with Crippen molar-refractivity contribution in [1.29, 1.82) is 0 Å². The van der Waals surface area contributed by atoms with Crippen molar-refractivity contribution in [3.05, 3.63) is 42.5 Å². The van der Waals surface area contributed by atoms with Crippen molar-refractivity contribution in [1.82, 2.24) is 14.8 Å². The van der Waals surface area contributed by atoms with Crippen molar-refractivity contribution in [3.63, 3.8) is 0 Å². The fourth-order valence-electron chi connectivity index (χ4n) is 2.81. The van der Waals surface area contributed by atoms with E-state index in [9.17, 15) is 4.79 Å². The van der Waals surface area contributed by atoms with E-state index in [1.807, 2.05) is 37.3 Å². The van der Waals surface area contributed by atoms with Crippen molar-refractivity contribution in [2.75, 3.05) is 18.7 Å². The Balaban J connectivity index is 1.69. The van der Waals surface area contributed by atoms with Crippen LogP contribution in [0.1, 0.15) is 13.8 Å². The van der Waals surface area contributed by atoms with Crippen LogP contribution in [0.25, 0.3) is 17.1 Å². The lowest BCUT2D eigenvalue weighted by molar-refractivity contribution is -0.115. The van der Waals surface area contributed by atoms with E-state index in [-0.39, 0.29) is 18.7 Å². The molecular weight excluding hydrogens is 396 g/mol. The van der Waals surface area contributed by atoms with Gasteiger partial charge >= 0.3 is 6.01 Å². The molecule has 0 bridgehead atoms. The Kier molecular flexibility index (Phi) is 5.26. The second-order valence-corrected chi connectivity index (χ2v) is 6.94. The lowest BCUT2D eigenvalue weighted by Crippen LogP contribution is -2.20. The van der Waals surface area contributed by atoms with Gasteiger partial charge in [-0.25, -0.2) is 4.68 Å². The van der Waals surface area contributed by atoms with Crippen molar-refractivity contribution < 1.29 is 19.0 Å². The van der Waals surface area contributed by atoms with Gasteiger partial charge in [0.25, 0.3) is 0 Å². The molecular formula is C20H19ClN4O4. The van der Waals surface area contributed by atoms with Gasteiger partial charge in [0, 0.05) is 11.3 Å². The molecule has 0 saturated heterocycles. The molecule has 0 unspecified atom stereocenters. The Bertz CT molecular complexity index is 1030. The van der Waals surface area contributed by atoms with E-state index >= 15 is 0 Å². The standard InChI is InChI=1S/C20H19ClN4O4/c1-3-27-20-23-18(13-4-9-16-17(10-13)29-11-28-16)25(24-20)15-7-5-14(6-8-15)22-19(26)12(2)21/h4-10,12H,3,11H2,1-2H3,(H,22,26)/t12-/m0/s1. The predicted octanol–water partition coefficient (Wildman–Crippen LogP) is 3.63. The molecule has 0 saturated carbocycles. The molecule has 2 aromatic carbocycles. The number of rotatable bonds is 6. The van der Waals surface area contributed by atoms with Gasteiger partial charge in [0.15, 0.2) is 17.3 Å². The van der Waals surface area contributed by atoms with Gasteiger partial charge in [-0.15, -0.1) is 16.7 Å². The van der Waals surface area contributed by atoms with E-state index < -0.39 is 5.38 Å². The first-order valence-corrected chi connectivity index (χ1v) is 9.54. The predicted molar refractivity (Wildman–Crippen MR) is 108 cm³/mol. The quantitative estimate of drug-likeness (QED) is 0.620. The van der Waals surface area contributed by atoms with Crippen LogP contribution in [0, 0.1) is 0 Å². The molecule has 0 aliphatic carbocycles. The topological polar surface area (TPSA) is 87.5 Å². The van der Waals surface area contributed by atoms with Crippen LogP contribution >= 0.6 is 11.6 Å². The van der Waals surface area contributed by atoms with E-state index in [2.05, 4.69) is 15.4 Å². The number of carbonyl (C=O) groups excluding carboxylic acids is 1. The molecule has 0 radical (unpaired) electrons. The molecule has 1 aromatic heterocycles. The third-order valence-electron chi connectivity index (χ3n) is 4.23. The van der Waals surface area contributed by atoms with E-state index in [1.54, 1.807) is 23.7 Å². The van der Waals surface area contributed by atoms with Gasteiger partial charge in [0.2, 0.25) is 12.7 Å². The molecule has 9 heteroatoms. The first kappa shape index (κ1) is 19.1. The maximum atomic E-state index is 11.8. The molecule has 0 spiro atoms. The zero-order valence-electron chi connectivity index (χ0n) is 15.9. The molecule has 1 atom stereocenters. The highest BCUT2D eigenvalue weighted by atomic mass is 35.5. The van der Waals surface area contributed by atoms with Gasteiger partial charge in [-0.3, -0.25) is 4.79 Å². The van der Waals surface area contributed by atoms with E-state index in [4.69, 9.17) is 25.8 Å². The van der Waals surface area contributed by atoms with Crippen molar-refractivity contribution in [2.24, 2.45) is 0 Å². The zero-order chi connectivity index (χ0) is 20.4. The summed E-state index contributed by atoms with van der Waals surface area (Å²) in [5.74, 6) is 1.68. The Morgan fingerprint density at radius 1 is 1.24 bits per heavy atom. The molecule has 8 nitrogen and oxygen atoms in total. The van der Waals surface area contributed by atoms with E-state index in [1.165, 1.54) is 0 Å². The summed E-state index contributed by atoms with van der Waals surface area (Å²) in [6.45, 7) is 4.14. The first-order valence-electron chi connectivity index (χ1n) is 9.10. The monoisotopic (exact) mass is 414 g/mol. The summed E-state index contributed by atoms with van der Waals surface area (Å²) in [6.07, 6.45) is 0. The lowest BCUT2D eigenvalue weighted by atomic mass is 10.2. The van der Waals surface area contributed by atoms with Gasteiger partial charge in [-0.2, -0.15) is 4.98 Å². The van der Waals surface area contributed by atoms with Crippen LogP contribution in [0.4, 0.5) is 5.69 Å². The normalized spacial score (nSPS) is 13.2. The summed E-state index contributed by atoms with van der Waals surface area (Å²) in [4.78, 5) is 16.3. The van der Waals surface area contributed by atoms with Crippen LogP contribution in [0.3, 0.4) is 0 Å². The Hall–Kier alpha value is -3.26. The summed E-state index contributed by atoms with van der Waals surface area (Å²) in [6, 6.07) is 13.1. The number of hydrogen-bond acceptors (Lipinski definition) is 6. The van der Waals surface area contributed by atoms with Crippen LogP contribution < -0.4 is 19.5 Å². The summed E-state index contributed by atoms with van der Waals surface area (Å²) in [7, 11) is 0. The van der Waals surface area contributed by atoms with Gasteiger partial charge in [-0.05, 0) is 56.3 Å². The minimum Gasteiger partial charge on any atom is -0.463 e. The minimum absolute atomic E-state index is 0.198. The second-order valence-electron chi connectivity index (χ2n) is 6.28. The highest BCUT2D eigenvalue weighted by Gasteiger charge is 2.19. The highest BCUT2D eigenvalue weighted by molar-refractivity contribution is 6.32. The summed E-state index contributed by atoms with van der Waals surface area (Å²) >= 11 is 5.80. The molecule has 2 heterocycles. The number of hydrogen-bond donors (Lipinski definition) is 1. The average molecular weight is 415 g/mol. The number of aromatic nitrogens is 3. The summed E-state index contributed by atoms with van der Waals surface area (Å²) in [5, 5.41) is 6.60. The van der Waals surface area contributed by atoms with Crippen LogP contribution in [-0.4, -0.2) is 39.4 Å². The Morgan fingerprint density at radius 3 is 2.72 bits per heavy atom. The number of ether oxygens (including phenoxy) is 3. The van der Waals surface area contributed by atoms with Gasteiger partial charge in [0.1, 0.15) is 5.38 Å². The average Bonchev–Trinajstić information content (AvgIpc) is 3.35. The molecule has 29 heavy (non-hydrogen) atoms. The fraction of sp³-hybridized carbons (Fsp3) is 0.250. The zero-order valence-corrected chi connectivity index (χ0v) is 16.6. The molecule has 1 aliphatic rings. The maximum Gasteiger partial charge on any atom is 0.336 e. The number of halogens is 1.